The number of anilines is 1. The van der Waals surface area contributed by atoms with Crippen molar-refractivity contribution < 1.29 is 58.9 Å². The fraction of sp³-hybridized carbons (Fsp3) is 0.535. The number of aliphatic hydroxyl groups is 2. The van der Waals surface area contributed by atoms with E-state index in [4.69, 9.17) is 18.9 Å². The molecule has 4 heterocycles. The van der Waals surface area contributed by atoms with Crippen LogP contribution >= 0.6 is 0 Å². The van der Waals surface area contributed by atoms with E-state index in [-0.39, 0.29) is 44.5 Å². The van der Waals surface area contributed by atoms with Gasteiger partial charge in [-0.1, -0.05) is 45.9 Å². The molecule has 59 heavy (non-hydrogen) atoms. The summed E-state index contributed by atoms with van der Waals surface area (Å²) >= 11 is 0. The molecular weight excluding hydrogens is 764 g/mol. The second-order valence-electron chi connectivity index (χ2n) is 16.1. The average Bonchev–Trinajstić information content (AvgIpc) is 3.46. The number of phenolic OH excluding ortho intramolecular Hbond substituents is 3. The lowest BCUT2D eigenvalue weighted by atomic mass is 9.78. The van der Waals surface area contributed by atoms with Crippen molar-refractivity contribution in [2.75, 3.05) is 45.7 Å². The summed E-state index contributed by atoms with van der Waals surface area (Å²) in [6.07, 6.45) is 4.86. The van der Waals surface area contributed by atoms with E-state index in [1.807, 2.05) is 7.05 Å². The molecule has 6 rings (SSSR count). The van der Waals surface area contributed by atoms with Gasteiger partial charge >= 0.3 is 11.8 Å². The Balaban J connectivity index is 1.70. The molecule has 0 aromatic heterocycles. The summed E-state index contributed by atoms with van der Waals surface area (Å²) < 4.78 is 23.6. The summed E-state index contributed by atoms with van der Waals surface area (Å²) in [5, 5.41) is 66.8. The summed E-state index contributed by atoms with van der Waals surface area (Å²) in [6.45, 7) is 15.1. The van der Waals surface area contributed by atoms with Crippen LogP contribution in [-0.4, -0.2) is 130 Å². The number of nitrogens with zero attached hydrogens (tertiary/aromatic N) is 3. The predicted molar refractivity (Wildman–Crippen MR) is 220 cm³/mol. The number of rotatable bonds is 4. The molecule has 1 fully saturated rings. The van der Waals surface area contributed by atoms with Crippen LogP contribution in [0.3, 0.4) is 0 Å². The zero-order valence-corrected chi connectivity index (χ0v) is 35.3. The van der Waals surface area contributed by atoms with Gasteiger partial charge in [-0.25, -0.2) is 0 Å². The largest absolute Gasteiger partial charge is 0.507 e. The molecule has 0 unspecified atom stereocenters. The van der Waals surface area contributed by atoms with Gasteiger partial charge in [0.15, 0.2) is 5.75 Å². The molecule has 5 bridgehead atoms. The third-order valence-electron chi connectivity index (χ3n) is 11.9. The third kappa shape index (κ3) is 8.91. The number of carbonyl (C=O) groups excluding carboxylic acids is 3. The first-order valence-electron chi connectivity index (χ1n) is 19.8. The number of piperazine rings is 1. The number of allylic oxidation sites excluding steroid dienone is 2. The van der Waals surface area contributed by atoms with Crippen LogP contribution in [0.5, 0.6) is 23.0 Å². The number of nitrogens with one attached hydrogen (secondary N) is 1. The van der Waals surface area contributed by atoms with Gasteiger partial charge in [0.2, 0.25) is 0 Å². The van der Waals surface area contributed by atoms with Crippen molar-refractivity contribution in [3.05, 3.63) is 52.8 Å². The first-order valence-corrected chi connectivity index (χ1v) is 19.8. The minimum Gasteiger partial charge on any atom is -0.507 e. The van der Waals surface area contributed by atoms with Gasteiger partial charge in [0, 0.05) is 87.3 Å². The minimum atomic E-state index is -2.04. The molecule has 0 radical (unpaired) electrons. The molecule has 9 atom stereocenters. The number of hydrogen-bond donors (Lipinski definition) is 6. The number of carbonyl (C=O) groups is 3. The van der Waals surface area contributed by atoms with Crippen LogP contribution < -0.4 is 10.1 Å². The Hall–Kier alpha value is -5.16. The number of benzene rings is 2. The Kier molecular flexibility index (Phi) is 13.7. The summed E-state index contributed by atoms with van der Waals surface area (Å²) in [5.41, 5.74) is -0.350. The van der Waals surface area contributed by atoms with Crippen molar-refractivity contribution >= 4 is 40.3 Å². The van der Waals surface area contributed by atoms with Crippen molar-refractivity contribution in [2.45, 2.75) is 85.6 Å². The van der Waals surface area contributed by atoms with Crippen molar-refractivity contribution in [1.82, 2.24) is 9.91 Å². The highest BCUT2D eigenvalue weighted by atomic mass is 16.7. The fourth-order valence-corrected chi connectivity index (χ4v) is 7.92. The summed E-state index contributed by atoms with van der Waals surface area (Å²) in [7, 11) is 3.42. The standard InChI is InChI=1S/C43H58N4O12/c1-21-12-11-13-22(2)42(55)45-33-28(20-44-47-17-15-46(9)16-18-47)37(52)30-31(38(33)53)36(51)26(6)40-32(30)41(54)43(8,59-40)57-19-14-29(56-10)23(3)39(58-27(7)48)25(5)35(50)24(4)34(21)49/h11-14,19-21,23-25,29,34-35,39,49-53H,15-18H2,1-10H3,(H,45,55)/b12-11+,19-14?,22-13?,44-20?/t21-,23+,24+,25+,29-,34-,35+,39+,43-/m0/s1. The fourth-order valence-electron chi connectivity index (χ4n) is 7.92. The lowest BCUT2D eigenvalue weighted by Gasteiger charge is -2.38. The summed E-state index contributed by atoms with van der Waals surface area (Å²) in [5.74, 6) is -8.34. The maximum absolute atomic E-state index is 14.4. The highest BCUT2D eigenvalue weighted by Crippen LogP contribution is 2.55. The Morgan fingerprint density at radius 3 is 2.24 bits per heavy atom. The Morgan fingerprint density at radius 2 is 1.61 bits per heavy atom. The topological polar surface area (TPSA) is 220 Å². The van der Waals surface area contributed by atoms with Crippen LogP contribution in [0.15, 0.2) is 41.2 Å². The number of amides is 1. The third-order valence-corrected chi connectivity index (χ3v) is 11.9. The van der Waals surface area contributed by atoms with E-state index < -0.39 is 88.8 Å². The number of likely N-dealkylation sites (N-methyl/N-ethyl adjacent to an activating group) is 1. The summed E-state index contributed by atoms with van der Waals surface area (Å²) in [6, 6.07) is 0. The van der Waals surface area contributed by atoms with Gasteiger partial charge in [0.1, 0.15) is 23.4 Å². The monoisotopic (exact) mass is 822 g/mol. The minimum absolute atomic E-state index is 0.0559. The zero-order valence-electron chi connectivity index (χ0n) is 35.3. The molecule has 16 heteroatoms. The van der Waals surface area contributed by atoms with Gasteiger partial charge in [0.25, 0.3) is 11.7 Å². The van der Waals surface area contributed by atoms with Gasteiger partial charge in [-0.2, -0.15) is 5.10 Å². The van der Waals surface area contributed by atoms with E-state index in [9.17, 15) is 39.9 Å². The second-order valence-corrected chi connectivity index (χ2v) is 16.1. The molecule has 322 valence electrons. The molecule has 6 N–H and O–H groups in total. The van der Waals surface area contributed by atoms with Crippen molar-refractivity contribution in [3.8, 4) is 23.0 Å². The van der Waals surface area contributed by atoms with Gasteiger partial charge in [-0.3, -0.25) is 19.4 Å². The molecule has 0 spiro atoms. The van der Waals surface area contributed by atoms with E-state index in [0.717, 1.165) is 13.1 Å². The van der Waals surface area contributed by atoms with Crippen LogP contribution in [0.25, 0.3) is 10.8 Å². The van der Waals surface area contributed by atoms with Crippen LogP contribution in [-0.2, 0) is 23.8 Å². The quantitative estimate of drug-likeness (QED) is 0.109. The van der Waals surface area contributed by atoms with Crippen molar-refractivity contribution in [3.63, 3.8) is 0 Å². The molecule has 4 aliphatic heterocycles. The van der Waals surface area contributed by atoms with Crippen LogP contribution in [0.1, 0.15) is 70.0 Å². The lowest BCUT2D eigenvalue weighted by molar-refractivity contribution is -0.160. The Bertz CT molecular complexity index is 2070. The maximum atomic E-state index is 14.4. The number of Topliss-reactive ketones (excluding diaryl/α,β-unsaturated/α-hetero) is 1. The molecule has 0 saturated carbocycles. The highest BCUT2D eigenvalue weighted by molar-refractivity contribution is 6.23. The number of hydrogen-bond acceptors (Lipinski definition) is 15. The van der Waals surface area contributed by atoms with E-state index in [1.165, 1.54) is 59.4 Å². The van der Waals surface area contributed by atoms with E-state index in [0.29, 0.717) is 13.1 Å². The van der Waals surface area contributed by atoms with Gasteiger partial charge in [0.05, 0.1) is 53.0 Å². The summed E-state index contributed by atoms with van der Waals surface area (Å²) in [4.78, 5) is 42.6. The molecule has 0 aliphatic carbocycles. The number of ketones is 1. The Labute approximate surface area is 344 Å². The molecule has 4 aliphatic rings. The number of esters is 1. The SMILES string of the molecule is CO[C@H]1C=CO[C@@]2(C)Oc3c(C)c(O)c4c(O)c(c(C=NN5CCN(C)CC5)c(O)c4c3C2=O)NC(=O)C(C)=C/C=C/[C@H](C)[C@H](O)[C@@H](C)[C@@H](O)[C@@H](C)[C@H](OC(C)=O)[C@@H]1C. The highest BCUT2D eigenvalue weighted by Gasteiger charge is 2.50. The van der Waals surface area contributed by atoms with Gasteiger partial charge < -0.3 is 54.7 Å². The molecule has 1 amide bonds. The molecular formula is C43H58N4O12. The molecule has 2 aromatic carbocycles. The molecule has 16 nitrogen and oxygen atoms in total. The molecule has 1 saturated heterocycles. The first-order chi connectivity index (χ1) is 27.7. The second kappa shape index (κ2) is 18.0. The number of aromatic hydroxyl groups is 3. The van der Waals surface area contributed by atoms with Crippen LogP contribution in [0.2, 0.25) is 0 Å². The van der Waals surface area contributed by atoms with Crippen molar-refractivity contribution in [1.29, 1.82) is 0 Å². The maximum Gasteiger partial charge on any atom is 0.312 e. The van der Waals surface area contributed by atoms with Gasteiger partial charge in [-0.05, 0) is 27.0 Å². The van der Waals surface area contributed by atoms with E-state index in [1.54, 1.807) is 44.9 Å². The zero-order chi connectivity index (χ0) is 43.7. The first kappa shape index (κ1) is 44.9. The number of aliphatic hydroxyl groups excluding tert-OH is 2. The van der Waals surface area contributed by atoms with Crippen LogP contribution in [0, 0.1) is 30.6 Å². The lowest BCUT2D eigenvalue weighted by Crippen LogP contribution is -2.46. The number of methoxy groups -OCH3 is 1. The smallest absolute Gasteiger partial charge is 0.312 e. The molecule has 2 aromatic rings. The predicted octanol–water partition coefficient (Wildman–Crippen LogP) is 4.34. The van der Waals surface area contributed by atoms with Crippen LogP contribution in [0.4, 0.5) is 5.69 Å². The number of fused-ring (bicyclic) bond motifs is 14. The number of hydrazone groups is 1. The van der Waals surface area contributed by atoms with Crippen molar-refractivity contribution in [2.24, 2.45) is 28.8 Å². The van der Waals surface area contributed by atoms with Gasteiger partial charge in [-0.15, -0.1) is 0 Å². The number of ether oxygens (including phenoxy) is 4. The Morgan fingerprint density at radius 1 is 0.949 bits per heavy atom. The van der Waals surface area contributed by atoms with E-state index >= 15 is 0 Å². The number of phenols is 3. The average molecular weight is 823 g/mol. The van der Waals surface area contributed by atoms with E-state index in [2.05, 4.69) is 15.3 Å². The normalized spacial score (nSPS) is 30.6.